The zero-order chi connectivity index (χ0) is 14.5. The minimum atomic E-state index is -0.973. The molecule has 0 aromatic rings. The molecular weight excluding hydrogens is 276 g/mol. The molecule has 3 atom stereocenters. The van der Waals surface area contributed by atoms with Gasteiger partial charge < -0.3 is 28.4 Å². The fourth-order valence-electron chi connectivity index (χ4n) is 2.09. The second-order valence-corrected chi connectivity index (χ2v) is 5.94. The maximum absolute atomic E-state index is 5.98. The van der Waals surface area contributed by atoms with Gasteiger partial charge in [0.15, 0.2) is 0 Å². The Morgan fingerprint density at radius 3 is 1.57 bits per heavy atom. The van der Waals surface area contributed by atoms with E-state index in [2.05, 4.69) is 6.92 Å². The third-order valence-corrected chi connectivity index (χ3v) is 3.76. The van der Waals surface area contributed by atoms with Gasteiger partial charge >= 0.3 is 0 Å². The third kappa shape index (κ3) is 5.81. The number of rotatable bonds is 13. The van der Waals surface area contributed by atoms with Crippen molar-refractivity contribution in [1.82, 2.24) is 0 Å². The molecule has 6 nitrogen and oxygen atoms in total. The highest BCUT2D eigenvalue weighted by atomic mass is 16.9. The highest BCUT2D eigenvalue weighted by Gasteiger charge is 2.40. The van der Waals surface area contributed by atoms with Crippen LogP contribution in [0, 0.1) is 0 Å². The average Bonchev–Trinajstić information content (AvgIpc) is 3.37. The molecule has 6 heteroatoms. The van der Waals surface area contributed by atoms with E-state index in [1.807, 2.05) is 0 Å². The van der Waals surface area contributed by atoms with Crippen LogP contribution >= 0.6 is 0 Å². The summed E-state index contributed by atoms with van der Waals surface area (Å²) in [5, 5.41) is 0. The smallest absolute Gasteiger partial charge is 0.283 e. The fourth-order valence-corrected chi connectivity index (χ4v) is 2.09. The van der Waals surface area contributed by atoms with E-state index in [0.717, 1.165) is 45.5 Å². The van der Waals surface area contributed by atoms with Gasteiger partial charge in [-0.25, -0.2) is 0 Å². The van der Waals surface area contributed by atoms with E-state index in [0.29, 0.717) is 19.8 Å². The number of epoxide rings is 3. The summed E-state index contributed by atoms with van der Waals surface area (Å²) in [5.41, 5.74) is 0. The van der Waals surface area contributed by atoms with E-state index < -0.39 is 5.97 Å². The molecule has 0 aromatic heterocycles. The van der Waals surface area contributed by atoms with Crippen LogP contribution in [0.2, 0.25) is 0 Å². The number of hydrogen-bond acceptors (Lipinski definition) is 6. The van der Waals surface area contributed by atoms with Gasteiger partial charge in [-0.15, -0.1) is 0 Å². The molecule has 0 N–H and O–H groups in total. The Kier molecular flexibility index (Phi) is 5.48. The Bertz CT molecular complexity index is 270. The zero-order valence-corrected chi connectivity index (χ0v) is 12.8. The summed E-state index contributed by atoms with van der Waals surface area (Å²) in [7, 11) is 0. The van der Waals surface area contributed by atoms with Crippen molar-refractivity contribution in [3.8, 4) is 0 Å². The molecule has 21 heavy (non-hydrogen) atoms. The monoisotopic (exact) mass is 302 g/mol. The van der Waals surface area contributed by atoms with E-state index in [1.165, 1.54) is 0 Å². The summed E-state index contributed by atoms with van der Waals surface area (Å²) < 4.78 is 33.6. The van der Waals surface area contributed by atoms with Gasteiger partial charge in [-0.3, -0.25) is 0 Å². The van der Waals surface area contributed by atoms with Gasteiger partial charge in [-0.2, -0.15) is 0 Å². The Balaban J connectivity index is 1.52. The van der Waals surface area contributed by atoms with Crippen molar-refractivity contribution in [2.24, 2.45) is 0 Å². The molecule has 3 aliphatic heterocycles. The molecule has 3 fully saturated rings. The summed E-state index contributed by atoms with van der Waals surface area (Å²) >= 11 is 0. The lowest BCUT2D eigenvalue weighted by molar-refractivity contribution is -0.385. The minimum absolute atomic E-state index is 0.192. The molecule has 0 aliphatic carbocycles. The molecule has 3 aliphatic rings. The van der Waals surface area contributed by atoms with Crippen molar-refractivity contribution >= 4 is 0 Å². The van der Waals surface area contributed by atoms with Gasteiger partial charge in [0, 0.05) is 6.42 Å². The van der Waals surface area contributed by atoms with E-state index >= 15 is 0 Å². The van der Waals surface area contributed by atoms with Crippen LogP contribution in [0.1, 0.15) is 32.6 Å². The van der Waals surface area contributed by atoms with E-state index in [4.69, 9.17) is 28.4 Å². The molecule has 122 valence electrons. The quantitative estimate of drug-likeness (QED) is 0.292. The van der Waals surface area contributed by atoms with Gasteiger partial charge in [0.1, 0.15) is 18.3 Å². The molecule has 0 bridgehead atoms. The lowest BCUT2D eigenvalue weighted by Gasteiger charge is -2.33. The maximum atomic E-state index is 5.98. The van der Waals surface area contributed by atoms with Crippen molar-refractivity contribution in [3.63, 3.8) is 0 Å². The van der Waals surface area contributed by atoms with Crippen molar-refractivity contribution in [2.45, 2.75) is 56.9 Å². The van der Waals surface area contributed by atoms with Gasteiger partial charge in [0.25, 0.3) is 5.97 Å². The van der Waals surface area contributed by atoms with E-state index in [9.17, 15) is 0 Å². The van der Waals surface area contributed by atoms with Crippen LogP contribution in [0.25, 0.3) is 0 Å². The van der Waals surface area contributed by atoms with Crippen LogP contribution in [0.5, 0.6) is 0 Å². The summed E-state index contributed by atoms with van der Waals surface area (Å²) in [5.74, 6) is -0.973. The molecule has 0 amide bonds. The van der Waals surface area contributed by atoms with Crippen LogP contribution < -0.4 is 0 Å². The lowest BCUT2D eigenvalue weighted by atomic mass is 10.2. The summed E-state index contributed by atoms with van der Waals surface area (Å²) in [6.45, 7) is 6.03. The molecule has 0 aromatic carbocycles. The highest BCUT2D eigenvalue weighted by Crippen LogP contribution is 2.28. The SMILES string of the molecule is CCCCCC(OCC1CO1)(OCC1CO1)OCC1CO1. The first-order chi connectivity index (χ1) is 10.3. The molecule has 3 saturated heterocycles. The molecule has 3 rings (SSSR count). The van der Waals surface area contributed by atoms with Crippen molar-refractivity contribution < 1.29 is 28.4 Å². The summed E-state index contributed by atoms with van der Waals surface area (Å²) in [6.07, 6.45) is 4.61. The van der Waals surface area contributed by atoms with Crippen LogP contribution in [0.15, 0.2) is 0 Å². The van der Waals surface area contributed by atoms with Crippen LogP contribution in [0.3, 0.4) is 0 Å². The lowest BCUT2D eigenvalue weighted by Crippen LogP contribution is -2.42. The number of unbranched alkanes of at least 4 members (excludes halogenated alkanes) is 2. The highest BCUT2D eigenvalue weighted by molar-refractivity contribution is 4.74. The minimum Gasteiger partial charge on any atom is -0.371 e. The Hall–Kier alpha value is -0.240. The average molecular weight is 302 g/mol. The Morgan fingerprint density at radius 2 is 1.24 bits per heavy atom. The number of hydrogen-bond donors (Lipinski definition) is 0. The molecule has 0 radical (unpaired) electrons. The first-order valence-corrected chi connectivity index (χ1v) is 8.06. The molecule has 0 saturated carbocycles. The second kappa shape index (κ2) is 7.35. The second-order valence-electron chi connectivity index (χ2n) is 5.94. The van der Waals surface area contributed by atoms with Crippen LogP contribution in [0.4, 0.5) is 0 Å². The van der Waals surface area contributed by atoms with Gasteiger partial charge in [0.05, 0.1) is 39.6 Å². The van der Waals surface area contributed by atoms with Crippen molar-refractivity contribution in [1.29, 1.82) is 0 Å². The van der Waals surface area contributed by atoms with Crippen molar-refractivity contribution in [3.05, 3.63) is 0 Å². The molecule has 3 unspecified atom stereocenters. The fraction of sp³-hybridized carbons (Fsp3) is 1.00. The molecule has 3 heterocycles. The molecule has 0 spiro atoms. The van der Waals surface area contributed by atoms with Crippen LogP contribution in [-0.2, 0) is 28.4 Å². The normalized spacial score (nSPS) is 32.7. The predicted molar refractivity (Wildman–Crippen MR) is 73.9 cm³/mol. The van der Waals surface area contributed by atoms with Crippen LogP contribution in [-0.4, -0.2) is 63.9 Å². The zero-order valence-electron chi connectivity index (χ0n) is 12.8. The molecular formula is C15H26O6. The third-order valence-electron chi connectivity index (χ3n) is 3.76. The van der Waals surface area contributed by atoms with Crippen molar-refractivity contribution in [2.75, 3.05) is 39.6 Å². The van der Waals surface area contributed by atoms with E-state index in [-0.39, 0.29) is 18.3 Å². The largest absolute Gasteiger partial charge is 0.371 e. The Labute approximate surface area is 126 Å². The first-order valence-electron chi connectivity index (χ1n) is 8.06. The summed E-state index contributed by atoms with van der Waals surface area (Å²) in [6, 6.07) is 0. The van der Waals surface area contributed by atoms with Gasteiger partial charge in [-0.1, -0.05) is 19.8 Å². The number of ether oxygens (including phenoxy) is 6. The summed E-state index contributed by atoms with van der Waals surface area (Å²) in [4.78, 5) is 0. The Morgan fingerprint density at radius 1 is 0.810 bits per heavy atom. The topological polar surface area (TPSA) is 65.3 Å². The standard InChI is InChI=1S/C15H26O6/c1-2-3-4-5-15(19-9-12-6-16-12,20-10-13-7-17-13)21-11-14-8-18-14/h12-14H,2-11H2,1H3. The maximum Gasteiger partial charge on any atom is 0.283 e. The van der Waals surface area contributed by atoms with E-state index in [1.54, 1.807) is 0 Å². The predicted octanol–water partition coefficient (Wildman–Crippen LogP) is 1.47. The van der Waals surface area contributed by atoms with Gasteiger partial charge in [-0.05, 0) is 6.42 Å². The van der Waals surface area contributed by atoms with Gasteiger partial charge in [0.2, 0.25) is 0 Å². The first kappa shape index (κ1) is 15.6.